The second kappa shape index (κ2) is 5.68. The van der Waals surface area contributed by atoms with Gasteiger partial charge < -0.3 is 4.90 Å². The van der Waals surface area contributed by atoms with Crippen LogP contribution in [0.4, 0.5) is 5.69 Å². The number of nitrogens with two attached hydrogens (primary N) is 1. The van der Waals surface area contributed by atoms with Gasteiger partial charge in [0.2, 0.25) is 5.96 Å². The SMILES string of the molecule is CCCN=C(NN)N1CCCc2ccccc21. The third-order valence-electron chi connectivity index (χ3n) is 2.98. The van der Waals surface area contributed by atoms with Crippen molar-refractivity contribution < 1.29 is 0 Å². The lowest BCUT2D eigenvalue weighted by atomic mass is 10.0. The van der Waals surface area contributed by atoms with Crippen molar-refractivity contribution in [1.82, 2.24) is 5.43 Å². The fourth-order valence-corrected chi connectivity index (χ4v) is 2.18. The molecule has 0 bridgehead atoms. The molecule has 4 nitrogen and oxygen atoms in total. The van der Waals surface area contributed by atoms with Gasteiger partial charge in [0.15, 0.2) is 0 Å². The van der Waals surface area contributed by atoms with Crippen LogP contribution in [0.15, 0.2) is 29.3 Å². The van der Waals surface area contributed by atoms with E-state index in [1.807, 2.05) is 0 Å². The quantitative estimate of drug-likeness (QED) is 0.353. The van der Waals surface area contributed by atoms with Crippen LogP contribution in [0.3, 0.4) is 0 Å². The van der Waals surface area contributed by atoms with Crippen LogP contribution in [-0.2, 0) is 6.42 Å². The number of anilines is 1. The predicted octanol–water partition coefficient (Wildman–Crippen LogP) is 1.67. The number of nitrogens with zero attached hydrogens (tertiary/aromatic N) is 2. The number of aryl methyl sites for hydroxylation is 1. The number of hydrogen-bond acceptors (Lipinski definition) is 2. The predicted molar refractivity (Wildman–Crippen MR) is 72.0 cm³/mol. The molecule has 1 aromatic carbocycles. The number of guanidine groups is 1. The molecule has 2 rings (SSSR count). The van der Waals surface area contributed by atoms with E-state index in [9.17, 15) is 0 Å². The van der Waals surface area contributed by atoms with Crippen molar-refractivity contribution in [3.05, 3.63) is 29.8 Å². The molecule has 1 heterocycles. The molecule has 0 spiro atoms. The van der Waals surface area contributed by atoms with E-state index in [1.165, 1.54) is 11.3 Å². The Hall–Kier alpha value is -1.55. The van der Waals surface area contributed by atoms with Crippen molar-refractivity contribution in [3.8, 4) is 0 Å². The van der Waals surface area contributed by atoms with E-state index < -0.39 is 0 Å². The summed E-state index contributed by atoms with van der Waals surface area (Å²) in [4.78, 5) is 6.66. The van der Waals surface area contributed by atoms with E-state index in [0.29, 0.717) is 0 Å². The van der Waals surface area contributed by atoms with Gasteiger partial charge in [-0.2, -0.15) is 0 Å². The summed E-state index contributed by atoms with van der Waals surface area (Å²) in [5.41, 5.74) is 5.33. The first-order valence-corrected chi connectivity index (χ1v) is 6.23. The highest BCUT2D eigenvalue weighted by Crippen LogP contribution is 2.26. The summed E-state index contributed by atoms with van der Waals surface area (Å²) in [6.45, 7) is 3.89. The maximum atomic E-state index is 5.58. The third kappa shape index (κ3) is 2.58. The molecule has 0 unspecified atom stereocenters. The van der Waals surface area contributed by atoms with E-state index in [0.717, 1.165) is 38.3 Å². The molecule has 0 atom stereocenters. The minimum atomic E-state index is 0.777. The summed E-state index contributed by atoms with van der Waals surface area (Å²) in [5.74, 6) is 6.36. The fourth-order valence-electron chi connectivity index (χ4n) is 2.18. The highest BCUT2D eigenvalue weighted by atomic mass is 15.4. The van der Waals surface area contributed by atoms with Gasteiger partial charge in [-0.3, -0.25) is 10.4 Å². The lowest BCUT2D eigenvalue weighted by Crippen LogP contribution is -2.47. The molecule has 0 saturated heterocycles. The molecule has 0 aromatic heterocycles. The number of hydrogen-bond donors (Lipinski definition) is 2. The second-order valence-electron chi connectivity index (χ2n) is 4.23. The Labute approximate surface area is 102 Å². The average molecular weight is 232 g/mol. The van der Waals surface area contributed by atoms with Crippen molar-refractivity contribution >= 4 is 11.6 Å². The van der Waals surface area contributed by atoms with Crippen LogP contribution in [0, 0.1) is 0 Å². The number of hydrazine groups is 1. The number of nitrogens with one attached hydrogen (secondary N) is 1. The molecule has 0 radical (unpaired) electrons. The van der Waals surface area contributed by atoms with Crippen LogP contribution in [-0.4, -0.2) is 19.0 Å². The first-order chi connectivity index (χ1) is 8.36. The summed E-state index contributed by atoms with van der Waals surface area (Å²) < 4.78 is 0. The Balaban J connectivity index is 2.27. The molecule has 0 amide bonds. The lowest BCUT2D eigenvalue weighted by molar-refractivity contribution is 0.756. The molecule has 92 valence electrons. The monoisotopic (exact) mass is 232 g/mol. The Kier molecular flexibility index (Phi) is 3.98. The number of rotatable bonds is 2. The standard InChI is InChI=1S/C13H20N4/c1-2-9-15-13(16-14)17-10-5-7-11-6-3-4-8-12(11)17/h3-4,6,8H,2,5,7,9-10,14H2,1H3,(H,15,16). The summed E-state index contributed by atoms with van der Waals surface area (Å²) in [6.07, 6.45) is 3.31. The zero-order valence-corrected chi connectivity index (χ0v) is 10.3. The first kappa shape index (κ1) is 11.9. The number of aliphatic imine (C=N–C) groups is 1. The number of benzene rings is 1. The zero-order valence-electron chi connectivity index (χ0n) is 10.3. The molecule has 0 aliphatic carbocycles. The van der Waals surface area contributed by atoms with Gasteiger partial charge in [-0.15, -0.1) is 0 Å². The van der Waals surface area contributed by atoms with E-state index in [2.05, 4.69) is 46.5 Å². The fraction of sp³-hybridized carbons (Fsp3) is 0.462. The van der Waals surface area contributed by atoms with Crippen LogP contribution < -0.4 is 16.2 Å². The molecular formula is C13H20N4. The van der Waals surface area contributed by atoms with Gasteiger partial charge in [-0.25, -0.2) is 5.84 Å². The minimum Gasteiger partial charge on any atom is -0.311 e. The maximum absolute atomic E-state index is 5.58. The largest absolute Gasteiger partial charge is 0.311 e. The van der Waals surface area contributed by atoms with E-state index in [1.54, 1.807) is 0 Å². The van der Waals surface area contributed by atoms with Crippen LogP contribution in [0.2, 0.25) is 0 Å². The van der Waals surface area contributed by atoms with E-state index >= 15 is 0 Å². The minimum absolute atomic E-state index is 0.777. The van der Waals surface area contributed by atoms with Crippen LogP contribution in [0.25, 0.3) is 0 Å². The Morgan fingerprint density at radius 2 is 2.29 bits per heavy atom. The molecule has 0 saturated carbocycles. The van der Waals surface area contributed by atoms with Crippen molar-refractivity contribution in [2.24, 2.45) is 10.8 Å². The Morgan fingerprint density at radius 3 is 3.06 bits per heavy atom. The van der Waals surface area contributed by atoms with Crippen LogP contribution in [0.5, 0.6) is 0 Å². The zero-order chi connectivity index (χ0) is 12.1. The summed E-state index contributed by atoms with van der Waals surface area (Å²) in [7, 11) is 0. The summed E-state index contributed by atoms with van der Waals surface area (Å²) >= 11 is 0. The molecule has 1 aliphatic heterocycles. The van der Waals surface area contributed by atoms with Gasteiger partial charge in [0.1, 0.15) is 0 Å². The molecule has 0 fully saturated rings. The molecule has 4 heteroatoms. The van der Waals surface area contributed by atoms with Crippen LogP contribution in [0.1, 0.15) is 25.3 Å². The first-order valence-electron chi connectivity index (χ1n) is 6.23. The Morgan fingerprint density at radius 1 is 1.47 bits per heavy atom. The van der Waals surface area contributed by atoms with Gasteiger partial charge in [-0.05, 0) is 30.9 Å². The molecule has 3 N–H and O–H groups in total. The van der Waals surface area contributed by atoms with Crippen molar-refractivity contribution in [2.75, 3.05) is 18.0 Å². The Bertz CT molecular complexity index is 400. The van der Waals surface area contributed by atoms with Crippen molar-refractivity contribution in [2.45, 2.75) is 26.2 Å². The van der Waals surface area contributed by atoms with Gasteiger partial charge >= 0.3 is 0 Å². The smallest absolute Gasteiger partial charge is 0.212 e. The molecular weight excluding hydrogens is 212 g/mol. The van der Waals surface area contributed by atoms with Gasteiger partial charge in [0.05, 0.1) is 0 Å². The molecule has 1 aromatic rings. The van der Waals surface area contributed by atoms with Gasteiger partial charge in [-0.1, -0.05) is 25.1 Å². The summed E-state index contributed by atoms with van der Waals surface area (Å²) in [6, 6.07) is 8.45. The van der Waals surface area contributed by atoms with Crippen molar-refractivity contribution in [1.29, 1.82) is 0 Å². The van der Waals surface area contributed by atoms with Crippen molar-refractivity contribution in [3.63, 3.8) is 0 Å². The van der Waals surface area contributed by atoms with Crippen LogP contribution >= 0.6 is 0 Å². The average Bonchev–Trinajstić information content (AvgIpc) is 2.40. The highest BCUT2D eigenvalue weighted by Gasteiger charge is 2.19. The number of para-hydroxylation sites is 1. The lowest BCUT2D eigenvalue weighted by Gasteiger charge is -2.31. The maximum Gasteiger partial charge on any atom is 0.212 e. The van der Waals surface area contributed by atoms with E-state index in [-0.39, 0.29) is 0 Å². The highest BCUT2D eigenvalue weighted by molar-refractivity contribution is 5.96. The molecule has 17 heavy (non-hydrogen) atoms. The number of fused-ring (bicyclic) bond motifs is 1. The topological polar surface area (TPSA) is 53.6 Å². The molecule has 1 aliphatic rings. The summed E-state index contributed by atoms with van der Waals surface area (Å²) in [5, 5.41) is 0. The van der Waals surface area contributed by atoms with E-state index in [4.69, 9.17) is 5.84 Å². The van der Waals surface area contributed by atoms with Gasteiger partial charge in [0.25, 0.3) is 0 Å². The van der Waals surface area contributed by atoms with Gasteiger partial charge in [0, 0.05) is 18.8 Å². The normalized spacial score (nSPS) is 15.6. The second-order valence-corrected chi connectivity index (χ2v) is 4.23. The third-order valence-corrected chi connectivity index (χ3v) is 2.98.